The van der Waals surface area contributed by atoms with E-state index >= 15 is 0 Å². The number of nitrogens with one attached hydrogen (secondary N) is 1. The maximum absolute atomic E-state index is 13.0. The number of carboxylic acid groups (broad SMARTS) is 1. The minimum Gasteiger partial charge on any atom is -0.493 e. The second-order valence-corrected chi connectivity index (χ2v) is 8.30. The van der Waals surface area contributed by atoms with Gasteiger partial charge in [-0.05, 0) is 61.4 Å². The van der Waals surface area contributed by atoms with Crippen LogP contribution in [0.5, 0.6) is 11.5 Å². The van der Waals surface area contributed by atoms with Crippen LogP contribution in [0.2, 0.25) is 0 Å². The Hall–Kier alpha value is -3.46. The lowest BCUT2D eigenvalue weighted by molar-refractivity contribution is 0.0688. The molecule has 1 heterocycles. The molecule has 8 nitrogen and oxygen atoms in total. The zero-order valence-electron chi connectivity index (χ0n) is 17.0. The van der Waals surface area contributed by atoms with Crippen molar-refractivity contribution < 1.29 is 27.8 Å². The number of sulfonamides is 1. The highest BCUT2D eigenvalue weighted by atomic mass is 32.2. The van der Waals surface area contributed by atoms with Gasteiger partial charge in [-0.1, -0.05) is 0 Å². The number of nitrogens with zero attached hydrogens (tertiary/aromatic N) is 1. The predicted molar refractivity (Wildman–Crippen MR) is 113 cm³/mol. The van der Waals surface area contributed by atoms with Crippen molar-refractivity contribution in [3.8, 4) is 17.2 Å². The molecule has 0 radical (unpaired) electrons. The Labute approximate surface area is 174 Å². The predicted octanol–water partition coefficient (Wildman–Crippen LogP) is 3.61. The van der Waals surface area contributed by atoms with E-state index in [1.807, 2.05) is 0 Å². The molecule has 0 atom stereocenters. The third kappa shape index (κ3) is 3.97. The van der Waals surface area contributed by atoms with Crippen molar-refractivity contribution in [2.45, 2.75) is 18.7 Å². The van der Waals surface area contributed by atoms with Crippen LogP contribution >= 0.6 is 0 Å². The number of hydrogen-bond donors (Lipinski definition) is 2. The number of anilines is 1. The molecule has 3 rings (SSSR count). The van der Waals surface area contributed by atoms with Crippen molar-refractivity contribution >= 4 is 21.7 Å². The molecule has 2 N–H and O–H groups in total. The molecule has 2 aromatic carbocycles. The first-order valence-electron chi connectivity index (χ1n) is 8.95. The summed E-state index contributed by atoms with van der Waals surface area (Å²) in [5.74, 6) is -0.299. The molecule has 3 aromatic rings. The molecule has 0 spiro atoms. The van der Waals surface area contributed by atoms with E-state index in [-0.39, 0.29) is 10.6 Å². The SMILES string of the molecule is COc1cc(C)c(S(=O)(=O)Nc2ccc(-n3cccc3C(=O)O)c(C)c2)cc1OC. The number of benzene rings is 2. The first-order valence-corrected chi connectivity index (χ1v) is 10.4. The molecule has 1 aromatic heterocycles. The van der Waals surface area contributed by atoms with Crippen molar-refractivity contribution in [1.82, 2.24) is 4.57 Å². The van der Waals surface area contributed by atoms with Crippen molar-refractivity contribution in [3.05, 3.63) is 65.5 Å². The van der Waals surface area contributed by atoms with Crippen LogP contribution in [0.4, 0.5) is 5.69 Å². The fourth-order valence-electron chi connectivity index (χ4n) is 3.22. The van der Waals surface area contributed by atoms with E-state index < -0.39 is 16.0 Å². The zero-order chi connectivity index (χ0) is 22.1. The number of methoxy groups -OCH3 is 2. The Morgan fingerprint density at radius 2 is 1.67 bits per heavy atom. The normalized spacial score (nSPS) is 11.2. The van der Waals surface area contributed by atoms with Crippen LogP contribution in [0, 0.1) is 13.8 Å². The number of aromatic carboxylic acids is 1. The summed E-state index contributed by atoms with van der Waals surface area (Å²) in [6.07, 6.45) is 1.64. The Balaban J connectivity index is 1.96. The lowest BCUT2D eigenvalue weighted by Crippen LogP contribution is -2.15. The van der Waals surface area contributed by atoms with Crippen LogP contribution in [0.15, 0.2) is 53.6 Å². The maximum Gasteiger partial charge on any atom is 0.352 e. The van der Waals surface area contributed by atoms with E-state index in [2.05, 4.69) is 4.72 Å². The summed E-state index contributed by atoms with van der Waals surface area (Å²) in [6.45, 7) is 3.45. The summed E-state index contributed by atoms with van der Waals surface area (Å²) in [6, 6.07) is 11.0. The molecule has 0 bridgehead atoms. The van der Waals surface area contributed by atoms with Crippen LogP contribution in [-0.4, -0.2) is 38.3 Å². The summed E-state index contributed by atoms with van der Waals surface area (Å²) in [4.78, 5) is 11.4. The van der Waals surface area contributed by atoms with Crippen molar-refractivity contribution in [1.29, 1.82) is 0 Å². The van der Waals surface area contributed by atoms with Gasteiger partial charge in [0.05, 0.1) is 19.1 Å². The van der Waals surface area contributed by atoms with Crippen LogP contribution in [0.1, 0.15) is 21.6 Å². The van der Waals surface area contributed by atoms with E-state index in [1.165, 1.54) is 30.9 Å². The molecule has 0 aliphatic heterocycles. The van der Waals surface area contributed by atoms with Gasteiger partial charge in [0.25, 0.3) is 10.0 Å². The number of aromatic nitrogens is 1. The van der Waals surface area contributed by atoms with Crippen LogP contribution in [0.25, 0.3) is 5.69 Å². The Bertz CT molecular complexity index is 1210. The van der Waals surface area contributed by atoms with Gasteiger partial charge in [-0.3, -0.25) is 4.72 Å². The monoisotopic (exact) mass is 430 g/mol. The molecule has 0 saturated heterocycles. The van der Waals surface area contributed by atoms with Gasteiger partial charge in [-0.2, -0.15) is 0 Å². The van der Waals surface area contributed by atoms with Crippen LogP contribution < -0.4 is 14.2 Å². The third-order valence-corrected chi connectivity index (χ3v) is 6.17. The molecule has 0 fully saturated rings. The molecule has 0 amide bonds. The number of ether oxygens (including phenoxy) is 2. The number of carboxylic acids is 1. The van der Waals surface area contributed by atoms with E-state index in [0.717, 1.165) is 0 Å². The Morgan fingerprint density at radius 1 is 1.00 bits per heavy atom. The summed E-state index contributed by atoms with van der Waals surface area (Å²) in [5.41, 5.74) is 2.33. The zero-order valence-corrected chi connectivity index (χ0v) is 17.8. The smallest absolute Gasteiger partial charge is 0.352 e. The van der Waals surface area contributed by atoms with Gasteiger partial charge in [0.15, 0.2) is 11.5 Å². The summed E-state index contributed by atoms with van der Waals surface area (Å²) in [7, 11) is -0.976. The highest BCUT2D eigenvalue weighted by molar-refractivity contribution is 7.92. The third-order valence-electron chi connectivity index (χ3n) is 4.65. The Morgan fingerprint density at radius 3 is 2.27 bits per heavy atom. The standard InChI is InChI=1S/C21H22N2O6S/c1-13-10-15(7-8-16(13)23-9-5-6-17(23)21(24)25)22-30(26,27)20-12-19(29-4)18(28-3)11-14(20)2/h5-12,22H,1-4H3,(H,24,25). The summed E-state index contributed by atoms with van der Waals surface area (Å²) in [5, 5.41) is 9.31. The molecular formula is C21H22N2O6S. The maximum atomic E-state index is 13.0. The molecule has 0 unspecified atom stereocenters. The molecule has 0 aliphatic carbocycles. The van der Waals surface area contributed by atoms with E-state index in [1.54, 1.807) is 50.4 Å². The molecule has 9 heteroatoms. The average Bonchev–Trinajstić information content (AvgIpc) is 3.17. The van der Waals surface area contributed by atoms with Gasteiger partial charge >= 0.3 is 5.97 Å². The van der Waals surface area contributed by atoms with Gasteiger partial charge in [0, 0.05) is 23.6 Å². The van der Waals surface area contributed by atoms with Gasteiger partial charge in [0.2, 0.25) is 0 Å². The lowest BCUT2D eigenvalue weighted by atomic mass is 10.1. The lowest BCUT2D eigenvalue weighted by Gasteiger charge is -2.16. The molecule has 158 valence electrons. The van der Waals surface area contributed by atoms with Gasteiger partial charge < -0.3 is 19.1 Å². The second-order valence-electron chi connectivity index (χ2n) is 6.65. The topological polar surface area (TPSA) is 107 Å². The minimum atomic E-state index is -3.89. The van der Waals surface area contributed by atoms with E-state index in [0.29, 0.717) is 34.0 Å². The largest absolute Gasteiger partial charge is 0.493 e. The molecule has 0 saturated carbocycles. The van der Waals surface area contributed by atoms with Crippen molar-refractivity contribution in [3.63, 3.8) is 0 Å². The second kappa shape index (κ2) is 8.11. The minimum absolute atomic E-state index is 0.0699. The quantitative estimate of drug-likeness (QED) is 0.593. The molecule has 0 aliphatic rings. The first-order chi connectivity index (χ1) is 14.2. The summed E-state index contributed by atoms with van der Waals surface area (Å²) >= 11 is 0. The van der Waals surface area contributed by atoms with Crippen LogP contribution in [-0.2, 0) is 10.0 Å². The fraction of sp³-hybridized carbons (Fsp3) is 0.190. The first kappa shape index (κ1) is 21.3. The van der Waals surface area contributed by atoms with Gasteiger partial charge in [-0.15, -0.1) is 0 Å². The van der Waals surface area contributed by atoms with Crippen LogP contribution in [0.3, 0.4) is 0 Å². The highest BCUT2D eigenvalue weighted by Gasteiger charge is 2.21. The number of aryl methyl sites for hydroxylation is 2. The van der Waals surface area contributed by atoms with E-state index in [4.69, 9.17) is 9.47 Å². The van der Waals surface area contributed by atoms with Crippen molar-refractivity contribution in [2.75, 3.05) is 18.9 Å². The van der Waals surface area contributed by atoms with E-state index in [9.17, 15) is 18.3 Å². The molecular weight excluding hydrogens is 408 g/mol. The highest BCUT2D eigenvalue weighted by Crippen LogP contribution is 2.33. The Kier molecular flexibility index (Phi) is 5.75. The fourth-order valence-corrected chi connectivity index (χ4v) is 4.51. The summed E-state index contributed by atoms with van der Waals surface area (Å²) < 4.78 is 40.5. The molecule has 30 heavy (non-hydrogen) atoms. The van der Waals surface area contributed by atoms with Gasteiger partial charge in [0.1, 0.15) is 5.69 Å². The number of hydrogen-bond acceptors (Lipinski definition) is 5. The number of rotatable bonds is 7. The van der Waals surface area contributed by atoms with Crippen molar-refractivity contribution in [2.24, 2.45) is 0 Å². The number of carbonyl (C=O) groups is 1. The van der Waals surface area contributed by atoms with Gasteiger partial charge in [-0.25, -0.2) is 13.2 Å². The average molecular weight is 430 g/mol.